The lowest BCUT2D eigenvalue weighted by Gasteiger charge is -2.19. The standard InChI is InChI=1S/C18H17FN4O3/c19-15-5-3-13(4-6-15)18(24)21-20-12-14-11-16(23(25)26)7-8-17(14)22-9-1-2-10-22/h3-8,11-12H,1-2,9-10H2,(H,21,24)/b20-12+. The van der Waals surface area contributed by atoms with E-state index in [0.717, 1.165) is 31.6 Å². The number of carbonyl (C=O) groups is 1. The van der Waals surface area contributed by atoms with Crippen molar-refractivity contribution in [3.63, 3.8) is 0 Å². The average Bonchev–Trinajstić information content (AvgIpc) is 3.16. The Balaban J connectivity index is 1.79. The molecule has 0 spiro atoms. The van der Waals surface area contributed by atoms with Gasteiger partial charge >= 0.3 is 0 Å². The summed E-state index contributed by atoms with van der Waals surface area (Å²) in [5.41, 5.74) is 3.97. The van der Waals surface area contributed by atoms with Gasteiger partial charge in [0, 0.05) is 42.0 Å². The highest BCUT2D eigenvalue weighted by Crippen LogP contribution is 2.27. The van der Waals surface area contributed by atoms with Gasteiger partial charge < -0.3 is 4.90 Å². The van der Waals surface area contributed by atoms with E-state index in [1.807, 2.05) is 0 Å². The van der Waals surface area contributed by atoms with Gasteiger partial charge in [0.2, 0.25) is 0 Å². The van der Waals surface area contributed by atoms with Crippen molar-refractivity contribution in [1.82, 2.24) is 5.43 Å². The smallest absolute Gasteiger partial charge is 0.271 e. The lowest BCUT2D eigenvalue weighted by atomic mass is 10.1. The van der Waals surface area contributed by atoms with Crippen LogP contribution in [0.5, 0.6) is 0 Å². The van der Waals surface area contributed by atoms with Crippen LogP contribution in [0.1, 0.15) is 28.8 Å². The molecular weight excluding hydrogens is 339 g/mol. The number of rotatable bonds is 5. The number of anilines is 1. The number of hydrogen-bond donors (Lipinski definition) is 1. The Labute approximate surface area is 149 Å². The Kier molecular flexibility index (Phi) is 5.21. The van der Waals surface area contributed by atoms with Crippen molar-refractivity contribution in [2.24, 2.45) is 5.10 Å². The Bertz CT molecular complexity index is 846. The van der Waals surface area contributed by atoms with Crippen LogP contribution in [0.2, 0.25) is 0 Å². The van der Waals surface area contributed by atoms with Crippen molar-refractivity contribution in [3.05, 3.63) is 69.5 Å². The van der Waals surface area contributed by atoms with E-state index in [4.69, 9.17) is 0 Å². The average molecular weight is 356 g/mol. The van der Waals surface area contributed by atoms with Gasteiger partial charge in [-0.15, -0.1) is 0 Å². The molecule has 1 N–H and O–H groups in total. The highest BCUT2D eigenvalue weighted by molar-refractivity contribution is 5.95. The molecule has 2 aromatic rings. The monoisotopic (exact) mass is 356 g/mol. The molecule has 1 saturated heterocycles. The van der Waals surface area contributed by atoms with Gasteiger partial charge in [0.05, 0.1) is 11.1 Å². The largest absolute Gasteiger partial charge is 0.371 e. The van der Waals surface area contributed by atoms with Crippen molar-refractivity contribution >= 4 is 23.5 Å². The minimum Gasteiger partial charge on any atom is -0.371 e. The number of nitro groups is 1. The number of hydrazone groups is 1. The maximum Gasteiger partial charge on any atom is 0.271 e. The van der Waals surface area contributed by atoms with Crippen LogP contribution in [0.3, 0.4) is 0 Å². The molecule has 0 aromatic heterocycles. The molecule has 0 unspecified atom stereocenters. The number of benzene rings is 2. The molecule has 0 atom stereocenters. The summed E-state index contributed by atoms with van der Waals surface area (Å²) in [6.07, 6.45) is 3.52. The van der Waals surface area contributed by atoms with Gasteiger partial charge in [-0.05, 0) is 43.2 Å². The van der Waals surface area contributed by atoms with Crippen LogP contribution < -0.4 is 10.3 Å². The van der Waals surface area contributed by atoms with Gasteiger partial charge in [-0.1, -0.05) is 0 Å². The predicted octanol–water partition coefficient (Wildman–Crippen LogP) is 3.10. The Hall–Kier alpha value is -3.29. The lowest BCUT2D eigenvalue weighted by Crippen LogP contribution is -2.20. The molecule has 1 amide bonds. The summed E-state index contributed by atoms with van der Waals surface area (Å²) in [6.45, 7) is 1.75. The van der Waals surface area contributed by atoms with Crippen molar-refractivity contribution in [2.75, 3.05) is 18.0 Å². The van der Waals surface area contributed by atoms with Crippen LogP contribution >= 0.6 is 0 Å². The molecule has 134 valence electrons. The zero-order valence-electron chi connectivity index (χ0n) is 13.9. The molecular formula is C18H17FN4O3. The molecule has 0 radical (unpaired) electrons. The van der Waals surface area contributed by atoms with Gasteiger partial charge in [-0.2, -0.15) is 5.10 Å². The summed E-state index contributed by atoms with van der Waals surface area (Å²) in [5, 5.41) is 14.9. The highest BCUT2D eigenvalue weighted by Gasteiger charge is 2.18. The van der Waals surface area contributed by atoms with Crippen molar-refractivity contribution in [2.45, 2.75) is 12.8 Å². The second kappa shape index (κ2) is 7.73. The number of nitrogens with zero attached hydrogens (tertiary/aromatic N) is 3. The third-order valence-corrected chi connectivity index (χ3v) is 4.14. The van der Waals surface area contributed by atoms with Crippen molar-refractivity contribution < 1.29 is 14.1 Å². The fourth-order valence-corrected chi connectivity index (χ4v) is 2.83. The predicted molar refractivity (Wildman–Crippen MR) is 96.0 cm³/mol. The van der Waals surface area contributed by atoms with E-state index in [2.05, 4.69) is 15.4 Å². The lowest BCUT2D eigenvalue weighted by molar-refractivity contribution is -0.384. The normalized spacial score (nSPS) is 14.0. The van der Waals surface area contributed by atoms with Gasteiger partial charge in [0.25, 0.3) is 11.6 Å². The van der Waals surface area contributed by atoms with Gasteiger partial charge in [0.15, 0.2) is 0 Å². The highest BCUT2D eigenvalue weighted by atomic mass is 19.1. The molecule has 0 aliphatic carbocycles. The fraction of sp³-hybridized carbons (Fsp3) is 0.222. The van der Waals surface area contributed by atoms with Crippen LogP contribution in [0.4, 0.5) is 15.8 Å². The van der Waals surface area contributed by atoms with Gasteiger partial charge in [-0.25, -0.2) is 9.82 Å². The molecule has 1 heterocycles. The molecule has 1 fully saturated rings. The van der Waals surface area contributed by atoms with E-state index in [0.29, 0.717) is 5.56 Å². The summed E-state index contributed by atoms with van der Waals surface area (Å²) in [5.74, 6) is -0.925. The summed E-state index contributed by atoms with van der Waals surface area (Å²) in [6, 6.07) is 9.66. The molecule has 1 aliphatic heterocycles. The van der Waals surface area contributed by atoms with Gasteiger partial charge in [0.1, 0.15) is 5.82 Å². The SMILES string of the molecule is O=C(N/N=C/c1cc([N+](=O)[O-])ccc1N1CCCC1)c1ccc(F)cc1. The van der Waals surface area contributed by atoms with E-state index >= 15 is 0 Å². The first kappa shape index (κ1) is 17.5. The molecule has 7 nitrogen and oxygen atoms in total. The van der Waals surface area contributed by atoms with Gasteiger partial charge in [-0.3, -0.25) is 14.9 Å². The second-order valence-electron chi connectivity index (χ2n) is 5.90. The number of carbonyl (C=O) groups excluding carboxylic acids is 1. The molecule has 8 heteroatoms. The molecule has 1 aliphatic rings. The Morgan fingerprint density at radius 2 is 1.88 bits per heavy atom. The van der Waals surface area contributed by atoms with E-state index in [-0.39, 0.29) is 11.3 Å². The van der Waals surface area contributed by atoms with Crippen LogP contribution in [0, 0.1) is 15.9 Å². The number of nitro benzene ring substituents is 1. The quantitative estimate of drug-likeness (QED) is 0.506. The number of nitrogens with one attached hydrogen (secondary N) is 1. The number of amides is 1. The number of non-ortho nitro benzene ring substituents is 1. The van der Waals surface area contributed by atoms with Crippen molar-refractivity contribution in [3.8, 4) is 0 Å². The van der Waals surface area contributed by atoms with E-state index in [9.17, 15) is 19.3 Å². The summed E-state index contributed by atoms with van der Waals surface area (Å²) in [4.78, 5) is 24.7. The van der Waals surface area contributed by atoms with Crippen LogP contribution in [-0.4, -0.2) is 30.1 Å². The van der Waals surface area contributed by atoms with Crippen LogP contribution in [0.25, 0.3) is 0 Å². The Morgan fingerprint density at radius 3 is 2.54 bits per heavy atom. The first-order chi connectivity index (χ1) is 12.5. The first-order valence-corrected chi connectivity index (χ1v) is 8.17. The minimum absolute atomic E-state index is 0.0424. The minimum atomic E-state index is -0.491. The zero-order chi connectivity index (χ0) is 18.5. The second-order valence-corrected chi connectivity index (χ2v) is 5.90. The molecule has 0 saturated carbocycles. The first-order valence-electron chi connectivity index (χ1n) is 8.17. The zero-order valence-corrected chi connectivity index (χ0v) is 13.9. The van der Waals surface area contributed by atoms with E-state index in [1.165, 1.54) is 42.6 Å². The van der Waals surface area contributed by atoms with Crippen LogP contribution in [-0.2, 0) is 0 Å². The third kappa shape index (κ3) is 4.02. The van der Waals surface area contributed by atoms with E-state index < -0.39 is 16.6 Å². The molecule has 2 aromatic carbocycles. The maximum atomic E-state index is 12.9. The van der Waals surface area contributed by atoms with Crippen molar-refractivity contribution in [1.29, 1.82) is 0 Å². The summed E-state index contributed by atoms with van der Waals surface area (Å²) >= 11 is 0. The maximum absolute atomic E-state index is 12.9. The molecule has 0 bridgehead atoms. The topological polar surface area (TPSA) is 87.8 Å². The third-order valence-electron chi connectivity index (χ3n) is 4.14. The summed E-state index contributed by atoms with van der Waals surface area (Å²) < 4.78 is 12.9. The van der Waals surface area contributed by atoms with E-state index in [1.54, 1.807) is 6.07 Å². The summed E-state index contributed by atoms with van der Waals surface area (Å²) in [7, 11) is 0. The molecule has 26 heavy (non-hydrogen) atoms. The van der Waals surface area contributed by atoms with Crippen LogP contribution in [0.15, 0.2) is 47.6 Å². The number of hydrogen-bond acceptors (Lipinski definition) is 5. The Morgan fingerprint density at radius 1 is 1.19 bits per heavy atom. The fourth-order valence-electron chi connectivity index (χ4n) is 2.83. The molecule has 3 rings (SSSR count). The number of halogens is 1.